The summed E-state index contributed by atoms with van der Waals surface area (Å²) in [5.74, 6) is -0.354. The molecule has 0 unspecified atom stereocenters. The second-order valence-electron chi connectivity index (χ2n) is 8.61. The van der Waals surface area contributed by atoms with Crippen molar-refractivity contribution >= 4 is 22.6 Å². The number of aromatic nitrogens is 2. The number of nitrogens with zero attached hydrogens (tertiary/aromatic N) is 3. The van der Waals surface area contributed by atoms with Crippen molar-refractivity contribution < 1.29 is 19.2 Å². The van der Waals surface area contributed by atoms with Crippen molar-refractivity contribution in [2.75, 3.05) is 0 Å². The van der Waals surface area contributed by atoms with Crippen LogP contribution in [0.3, 0.4) is 0 Å². The third kappa shape index (κ3) is 3.04. The fourth-order valence-corrected chi connectivity index (χ4v) is 4.92. The molecule has 9 nitrogen and oxygen atoms in total. The Morgan fingerprint density at radius 3 is 2.66 bits per heavy atom. The van der Waals surface area contributed by atoms with E-state index in [1.54, 1.807) is 17.6 Å². The van der Waals surface area contributed by atoms with Gasteiger partial charge in [0.05, 0.1) is 33.9 Å². The van der Waals surface area contributed by atoms with Crippen LogP contribution in [0.1, 0.15) is 30.0 Å². The molecule has 0 bridgehead atoms. The molecule has 0 spiro atoms. The van der Waals surface area contributed by atoms with Crippen molar-refractivity contribution in [3.8, 4) is 17.1 Å². The van der Waals surface area contributed by atoms with Gasteiger partial charge in [0.1, 0.15) is 12.4 Å². The molecule has 0 saturated heterocycles. The highest BCUT2D eigenvalue weighted by Gasteiger charge is 2.49. The molecule has 1 atom stereocenters. The van der Waals surface area contributed by atoms with Gasteiger partial charge < -0.3 is 14.0 Å². The van der Waals surface area contributed by atoms with Gasteiger partial charge in [-0.15, -0.1) is 0 Å². The summed E-state index contributed by atoms with van der Waals surface area (Å²) in [7, 11) is 0. The van der Waals surface area contributed by atoms with Gasteiger partial charge in [-0.3, -0.25) is 14.9 Å². The fraction of sp³-hybridized carbons (Fsp3) is 0.192. The second kappa shape index (κ2) is 7.49. The lowest BCUT2D eigenvalue weighted by atomic mass is 9.85. The summed E-state index contributed by atoms with van der Waals surface area (Å²) in [6, 6.07) is 17.1. The largest absolute Gasteiger partial charge is 0.471 e. The van der Waals surface area contributed by atoms with Gasteiger partial charge in [-0.05, 0) is 36.8 Å². The van der Waals surface area contributed by atoms with E-state index >= 15 is 0 Å². The van der Waals surface area contributed by atoms with Gasteiger partial charge in [0.15, 0.2) is 0 Å². The number of esters is 1. The number of fused-ring (bicyclic) bond motifs is 5. The van der Waals surface area contributed by atoms with Crippen LogP contribution in [0.5, 0.6) is 5.75 Å². The molecule has 9 heteroatoms. The maximum atomic E-state index is 13.6. The molecule has 0 saturated carbocycles. The maximum absolute atomic E-state index is 13.6. The lowest BCUT2D eigenvalue weighted by Crippen LogP contribution is -2.48. The average Bonchev–Trinajstić information content (AvgIpc) is 3.22. The molecule has 2 aliphatic heterocycles. The number of nitro benzene ring substituents is 1. The summed E-state index contributed by atoms with van der Waals surface area (Å²) in [6.07, 6.45) is 0.191. The number of hydrogen-bond acceptors (Lipinski definition) is 7. The molecule has 4 heterocycles. The molecule has 0 aliphatic carbocycles. The smallest absolute Gasteiger partial charge is 0.355 e. The zero-order valence-electron chi connectivity index (χ0n) is 18.7. The highest BCUT2D eigenvalue weighted by Crippen LogP contribution is 2.41. The van der Waals surface area contributed by atoms with Crippen LogP contribution in [0.2, 0.25) is 0 Å². The van der Waals surface area contributed by atoms with Crippen LogP contribution in [0, 0.1) is 10.1 Å². The normalized spacial score (nSPS) is 17.9. The number of carbonyl (C=O) groups is 1. The van der Waals surface area contributed by atoms with Crippen LogP contribution in [0.4, 0.5) is 5.69 Å². The van der Waals surface area contributed by atoms with Crippen molar-refractivity contribution in [3.05, 3.63) is 97.8 Å². The molecule has 2 aliphatic rings. The minimum absolute atomic E-state index is 0.0968. The first-order valence-corrected chi connectivity index (χ1v) is 11.2. The number of hydrogen-bond donors (Lipinski definition) is 0. The Morgan fingerprint density at radius 1 is 1.14 bits per heavy atom. The van der Waals surface area contributed by atoms with Crippen LogP contribution in [0.15, 0.2) is 65.5 Å². The maximum Gasteiger partial charge on any atom is 0.355 e. The van der Waals surface area contributed by atoms with Crippen molar-refractivity contribution in [2.24, 2.45) is 0 Å². The number of benzene rings is 2. The number of ether oxygens (including phenoxy) is 2. The zero-order chi connectivity index (χ0) is 24.3. The predicted molar refractivity (Wildman–Crippen MR) is 126 cm³/mol. The first-order chi connectivity index (χ1) is 16.9. The number of carbonyl (C=O) groups excluding carboxylic acids is 1. The van der Waals surface area contributed by atoms with Crippen molar-refractivity contribution in [1.29, 1.82) is 0 Å². The van der Waals surface area contributed by atoms with Crippen molar-refractivity contribution in [1.82, 2.24) is 9.55 Å². The molecule has 174 valence electrons. The van der Waals surface area contributed by atoms with Gasteiger partial charge in [-0.1, -0.05) is 25.1 Å². The van der Waals surface area contributed by atoms with Crippen molar-refractivity contribution in [2.45, 2.75) is 32.1 Å². The predicted octanol–water partition coefficient (Wildman–Crippen LogP) is 4.07. The van der Waals surface area contributed by atoms with Gasteiger partial charge in [-0.2, -0.15) is 0 Å². The summed E-state index contributed by atoms with van der Waals surface area (Å²) in [6.45, 7) is 2.00. The monoisotopic (exact) mass is 469 g/mol. The summed E-state index contributed by atoms with van der Waals surface area (Å²) in [5.41, 5.74) is 1.93. The molecule has 6 rings (SSSR count). The number of rotatable bonds is 4. The lowest BCUT2D eigenvalue weighted by Gasteiger charge is -2.36. The molecule has 2 aromatic heterocycles. The molecule has 2 aromatic carbocycles. The Bertz CT molecular complexity index is 1610. The van der Waals surface area contributed by atoms with E-state index in [0.29, 0.717) is 29.1 Å². The lowest BCUT2D eigenvalue weighted by molar-refractivity contribution is -0.384. The van der Waals surface area contributed by atoms with E-state index < -0.39 is 16.5 Å². The Hall–Kier alpha value is -4.53. The van der Waals surface area contributed by atoms with Crippen LogP contribution in [-0.2, 0) is 28.3 Å². The average molecular weight is 469 g/mol. The molecular formula is C26H19N3O6. The third-order valence-electron chi connectivity index (χ3n) is 6.72. The van der Waals surface area contributed by atoms with Crippen LogP contribution in [-0.4, -0.2) is 20.4 Å². The number of nitro groups is 1. The number of pyridine rings is 2. The fourth-order valence-electron chi connectivity index (χ4n) is 4.92. The molecule has 0 amide bonds. The standard InChI is InChI=1S/C26H19N3O6/c1-2-26(35-18-9-7-17(8-10-18)29(32)33)20-12-22-23-16(11-15-5-3-4-6-21(15)27-23)13-28(22)24(30)19(20)14-34-25(26)31/h3-12H,2,13-14H2,1H3/t26-/m0/s1. The third-order valence-corrected chi connectivity index (χ3v) is 6.72. The number of para-hydroxylation sites is 1. The van der Waals surface area contributed by atoms with E-state index in [0.717, 1.165) is 16.5 Å². The van der Waals surface area contributed by atoms with Gasteiger partial charge in [-0.25, -0.2) is 9.78 Å². The van der Waals surface area contributed by atoms with E-state index in [4.69, 9.17) is 14.5 Å². The minimum Gasteiger partial charge on any atom is -0.471 e. The molecule has 0 radical (unpaired) electrons. The minimum atomic E-state index is -1.57. The van der Waals surface area contributed by atoms with E-state index in [1.807, 2.05) is 30.3 Å². The first-order valence-electron chi connectivity index (χ1n) is 11.2. The first kappa shape index (κ1) is 21.0. The molecule has 0 N–H and O–H groups in total. The summed E-state index contributed by atoms with van der Waals surface area (Å²) < 4.78 is 13.3. The summed E-state index contributed by atoms with van der Waals surface area (Å²) in [5, 5.41) is 12.0. The van der Waals surface area contributed by atoms with E-state index in [-0.39, 0.29) is 30.0 Å². The van der Waals surface area contributed by atoms with E-state index in [2.05, 4.69) is 0 Å². The van der Waals surface area contributed by atoms with Crippen LogP contribution >= 0.6 is 0 Å². The van der Waals surface area contributed by atoms with E-state index in [1.165, 1.54) is 24.3 Å². The second-order valence-corrected chi connectivity index (χ2v) is 8.61. The van der Waals surface area contributed by atoms with Crippen LogP contribution < -0.4 is 10.3 Å². The molecular weight excluding hydrogens is 450 g/mol. The van der Waals surface area contributed by atoms with Crippen molar-refractivity contribution in [3.63, 3.8) is 0 Å². The van der Waals surface area contributed by atoms with Gasteiger partial charge >= 0.3 is 5.97 Å². The highest BCUT2D eigenvalue weighted by atomic mass is 16.6. The van der Waals surface area contributed by atoms with Gasteiger partial charge in [0, 0.05) is 28.6 Å². The van der Waals surface area contributed by atoms with Crippen LogP contribution in [0.25, 0.3) is 22.3 Å². The number of non-ortho nitro benzene ring substituents is 1. The van der Waals surface area contributed by atoms with E-state index in [9.17, 15) is 19.7 Å². The topological polar surface area (TPSA) is 114 Å². The molecule has 35 heavy (non-hydrogen) atoms. The summed E-state index contributed by atoms with van der Waals surface area (Å²) in [4.78, 5) is 42.0. The van der Waals surface area contributed by atoms with Gasteiger partial charge in [0.2, 0.25) is 5.60 Å². The highest BCUT2D eigenvalue weighted by molar-refractivity contribution is 5.86. The van der Waals surface area contributed by atoms with Gasteiger partial charge in [0.25, 0.3) is 11.2 Å². The Labute approximate surface area is 198 Å². The Balaban J connectivity index is 1.52. The Kier molecular flexibility index (Phi) is 4.50. The SMILES string of the molecule is CC[C@@]1(Oc2ccc([N+](=O)[O-])cc2)C(=O)OCc2c1cc1n(c2=O)Cc2cc3ccccc3nc2-1. The summed E-state index contributed by atoms with van der Waals surface area (Å²) >= 11 is 0. The zero-order valence-corrected chi connectivity index (χ0v) is 18.7. The molecule has 0 fully saturated rings. The molecule has 4 aromatic rings. The Morgan fingerprint density at radius 2 is 1.91 bits per heavy atom. The quantitative estimate of drug-likeness (QED) is 0.221. The number of cyclic esters (lactones) is 1.